The summed E-state index contributed by atoms with van der Waals surface area (Å²) in [5, 5.41) is 6.38. The van der Waals surface area contributed by atoms with Gasteiger partial charge in [-0.2, -0.15) is 9.97 Å². The number of anilines is 5. The van der Waals surface area contributed by atoms with Crippen molar-refractivity contribution in [1.29, 1.82) is 0 Å². The van der Waals surface area contributed by atoms with Gasteiger partial charge in [-0.05, 0) is 36.8 Å². The van der Waals surface area contributed by atoms with Crippen LogP contribution in [0.1, 0.15) is 5.56 Å². The third-order valence-corrected chi connectivity index (χ3v) is 3.07. The van der Waals surface area contributed by atoms with Crippen molar-refractivity contribution < 1.29 is 0 Å². The van der Waals surface area contributed by atoms with E-state index in [1.54, 1.807) is 6.07 Å². The Bertz CT molecular complexity index is 771. The minimum absolute atomic E-state index is 0.406. The highest BCUT2D eigenvalue weighted by atomic mass is 15.2. The van der Waals surface area contributed by atoms with Gasteiger partial charge in [0.15, 0.2) is 0 Å². The van der Waals surface area contributed by atoms with Crippen LogP contribution in [0.4, 0.5) is 29.0 Å². The van der Waals surface area contributed by atoms with Gasteiger partial charge in [-0.25, -0.2) is 0 Å². The predicted octanol–water partition coefficient (Wildman–Crippen LogP) is 3.85. The zero-order valence-corrected chi connectivity index (χ0v) is 12.2. The average Bonchev–Trinajstić information content (AvgIpc) is 2.47. The lowest BCUT2D eigenvalue weighted by molar-refractivity contribution is 1.17. The normalized spacial score (nSPS) is 10.2. The summed E-state index contributed by atoms with van der Waals surface area (Å²) >= 11 is 0. The second-order valence-corrected chi connectivity index (χ2v) is 4.99. The van der Waals surface area contributed by atoms with E-state index >= 15 is 0 Å². The molecule has 5 heteroatoms. The van der Waals surface area contributed by atoms with Crippen LogP contribution in [0.15, 0.2) is 60.7 Å². The number of nitrogens with two attached hydrogens (primary N) is 1. The zero-order valence-electron chi connectivity index (χ0n) is 12.2. The largest absolute Gasteiger partial charge is 0.383 e. The number of nitrogen functional groups attached to an aromatic ring is 1. The molecule has 0 atom stereocenters. The fourth-order valence-corrected chi connectivity index (χ4v) is 2.11. The van der Waals surface area contributed by atoms with Crippen molar-refractivity contribution in [2.24, 2.45) is 0 Å². The van der Waals surface area contributed by atoms with Gasteiger partial charge in [0.05, 0.1) is 0 Å². The molecule has 0 amide bonds. The van der Waals surface area contributed by atoms with Crippen LogP contribution < -0.4 is 16.4 Å². The first kappa shape index (κ1) is 13.9. The van der Waals surface area contributed by atoms with Crippen molar-refractivity contribution >= 4 is 29.0 Å². The number of hydrogen-bond acceptors (Lipinski definition) is 5. The summed E-state index contributed by atoms with van der Waals surface area (Å²) in [6.45, 7) is 2.04. The Morgan fingerprint density at radius 3 is 2.36 bits per heavy atom. The van der Waals surface area contributed by atoms with Crippen LogP contribution in [-0.2, 0) is 0 Å². The van der Waals surface area contributed by atoms with Crippen molar-refractivity contribution in [2.45, 2.75) is 6.92 Å². The molecule has 0 saturated carbocycles. The molecule has 3 rings (SSSR count). The highest BCUT2D eigenvalue weighted by molar-refractivity contribution is 5.63. The van der Waals surface area contributed by atoms with E-state index in [4.69, 9.17) is 5.73 Å². The van der Waals surface area contributed by atoms with Gasteiger partial charge in [-0.1, -0.05) is 30.3 Å². The van der Waals surface area contributed by atoms with Gasteiger partial charge in [0, 0.05) is 17.4 Å². The first-order valence-electron chi connectivity index (χ1n) is 6.99. The third kappa shape index (κ3) is 3.52. The molecule has 22 heavy (non-hydrogen) atoms. The number of benzene rings is 2. The van der Waals surface area contributed by atoms with E-state index in [1.807, 2.05) is 61.5 Å². The van der Waals surface area contributed by atoms with Crippen molar-refractivity contribution in [1.82, 2.24) is 9.97 Å². The molecule has 0 radical (unpaired) electrons. The van der Waals surface area contributed by atoms with E-state index in [0.717, 1.165) is 11.4 Å². The topological polar surface area (TPSA) is 75.9 Å². The van der Waals surface area contributed by atoms with Crippen LogP contribution in [0, 0.1) is 6.92 Å². The third-order valence-electron chi connectivity index (χ3n) is 3.07. The molecule has 4 N–H and O–H groups in total. The Hall–Kier alpha value is -3.08. The number of nitrogens with one attached hydrogen (secondary N) is 2. The van der Waals surface area contributed by atoms with Gasteiger partial charge in [0.1, 0.15) is 11.6 Å². The molecule has 0 bridgehead atoms. The van der Waals surface area contributed by atoms with Crippen LogP contribution >= 0.6 is 0 Å². The van der Waals surface area contributed by atoms with E-state index in [2.05, 4.69) is 20.6 Å². The zero-order chi connectivity index (χ0) is 15.4. The van der Waals surface area contributed by atoms with Crippen LogP contribution in [0.2, 0.25) is 0 Å². The molecular formula is C17H17N5. The van der Waals surface area contributed by atoms with Crippen molar-refractivity contribution in [3.05, 3.63) is 66.2 Å². The summed E-state index contributed by atoms with van der Waals surface area (Å²) in [6, 6.07) is 19.5. The molecule has 1 aromatic heterocycles. The first-order valence-corrected chi connectivity index (χ1v) is 6.99. The average molecular weight is 291 g/mol. The predicted molar refractivity (Wildman–Crippen MR) is 90.6 cm³/mol. The maximum absolute atomic E-state index is 5.87. The number of aryl methyl sites for hydroxylation is 1. The Balaban J connectivity index is 1.83. The molecular weight excluding hydrogens is 274 g/mol. The Morgan fingerprint density at radius 1 is 0.818 bits per heavy atom. The van der Waals surface area contributed by atoms with Gasteiger partial charge in [-0.15, -0.1) is 0 Å². The lowest BCUT2D eigenvalue weighted by Gasteiger charge is -2.10. The molecule has 3 aromatic rings. The minimum atomic E-state index is 0.406. The Kier molecular flexibility index (Phi) is 3.87. The van der Waals surface area contributed by atoms with E-state index in [-0.39, 0.29) is 0 Å². The molecule has 1 heterocycles. The second-order valence-electron chi connectivity index (χ2n) is 4.99. The highest BCUT2D eigenvalue weighted by Crippen LogP contribution is 2.20. The molecule has 0 unspecified atom stereocenters. The van der Waals surface area contributed by atoms with Crippen LogP contribution in [0.5, 0.6) is 0 Å². The lowest BCUT2D eigenvalue weighted by Crippen LogP contribution is -2.03. The molecule has 0 fully saturated rings. The van der Waals surface area contributed by atoms with Crippen molar-refractivity contribution in [2.75, 3.05) is 16.4 Å². The van der Waals surface area contributed by atoms with Crippen LogP contribution in [-0.4, -0.2) is 9.97 Å². The van der Waals surface area contributed by atoms with E-state index < -0.39 is 0 Å². The molecule has 0 aliphatic heterocycles. The molecule has 0 saturated heterocycles. The Morgan fingerprint density at radius 2 is 1.59 bits per heavy atom. The summed E-state index contributed by atoms with van der Waals surface area (Å²) in [6.07, 6.45) is 0. The van der Waals surface area contributed by atoms with Gasteiger partial charge in [0.25, 0.3) is 0 Å². The number of nitrogens with zero attached hydrogens (tertiary/aromatic N) is 2. The highest BCUT2D eigenvalue weighted by Gasteiger charge is 2.04. The van der Waals surface area contributed by atoms with Gasteiger partial charge < -0.3 is 16.4 Å². The van der Waals surface area contributed by atoms with Crippen molar-refractivity contribution in [3.8, 4) is 0 Å². The lowest BCUT2D eigenvalue weighted by atomic mass is 10.2. The molecule has 5 nitrogen and oxygen atoms in total. The fourth-order valence-electron chi connectivity index (χ4n) is 2.11. The molecule has 0 spiro atoms. The monoisotopic (exact) mass is 291 g/mol. The van der Waals surface area contributed by atoms with E-state index in [9.17, 15) is 0 Å². The molecule has 0 aliphatic rings. The summed E-state index contributed by atoms with van der Waals surface area (Å²) in [5.74, 6) is 1.52. The fraction of sp³-hybridized carbons (Fsp3) is 0.0588. The SMILES string of the molecule is Cc1cccc(Nc2cc(N)nc(Nc3ccccc3)n2)c1. The molecule has 110 valence electrons. The summed E-state index contributed by atoms with van der Waals surface area (Å²) in [5.41, 5.74) is 8.91. The standard InChI is InChI=1S/C17H17N5/c1-12-6-5-9-14(10-12)19-16-11-15(18)21-17(22-16)20-13-7-3-2-4-8-13/h2-11H,1H3,(H4,18,19,20,21,22). The van der Waals surface area contributed by atoms with Crippen LogP contribution in [0.3, 0.4) is 0 Å². The number of rotatable bonds is 4. The minimum Gasteiger partial charge on any atom is -0.383 e. The number of para-hydroxylation sites is 1. The van der Waals surface area contributed by atoms with E-state index in [1.165, 1.54) is 5.56 Å². The smallest absolute Gasteiger partial charge is 0.231 e. The number of aromatic nitrogens is 2. The maximum atomic E-state index is 5.87. The molecule has 2 aromatic carbocycles. The summed E-state index contributed by atoms with van der Waals surface area (Å²) < 4.78 is 0. The van der Waals surface area contributed by atoms with E-state index in [0.29, 0.717) is 17.6 Å². The van der Waals surface area contributed by atoms with Gasteiger partial charge >= 0.3 is 0 Å². The quantitative estimate of drug-likeness (QED) is 0.680. The second kappa shape index (κ2) is 6.13. The molecule has 0 aliphatic carbocycles. The first-order chi connectivity index (χ1) is 10.7. The summed E-state index contributed by atoms with van der Waals surface area (Å²) in [4.78, 5) is 8.64. The van der Waals surface area contributed by atoms with Gasteiger partial charge in [-0.3, -0.25) is 0 Å². The van der Waals surface area contributed by atoms with Crippen LogP contribution in [0.25, 0.3) is 0 Å². The Labute approximate surface area is 129 Å². The van der Waals surface area contributed by atoms with Gasteiger partial charge in [0.2, 0.25) is 5.95 Å². The maximum Gasteiger partial charge on any atom is 0.231 e. The number of hydrogen-bond donors (Lipinski definition) is 3. The summed E-state index contributed by atoms with van der Waals surface area (Å²) in [7, 11) is 0. The van der Waals surface area contributed by atoms with Crippen molar-refractivity contribution in [3.63, 3.8) is 0 Å².